The summed E-state index contributed by atoms with van der Waals surface area (Å²) in [5.41, 5.74) is 0.450. The van der Waals surface area contributed by atoms with Crippen molar-refractivity contribution in [1.82, 2.24) is 4.31 Å². The van der Waals surface area contributed by atoms with Crippen molar-refractivity contribution in [3.05, 3.63) is 77.2 Å². The molecular weight excluding hydrogens is 456 g/mol. The lowest BCUT2D eigenvalue weighted by molar-refractivity contribution is 0.0730. The predicted octanol–water partition coefficient (Wildman–Crippen LogP) is 3.79. The highest BCUT2D eigenvalue weighted by molar-refractivity contribution is 7.89. The molecule has 1 aromatic heterocycles. The summed E-state index contributed by atoms with van der Waals surface area (Å²) in [7, 11) is -3.59. The van der Waals surface area contributed by atoms with Gasteiger partial charge < -0.3 is 19.2 Å². The number of rotatable bonds is 7. The number of carbonyl (C=O) groups is 1. The van der Waals surface area contributed by atoms with Crippen molar-refractivity contribution in [3.63, 3.8) is 0 Å². The molecule has 1 N–H and O–H groups in total. The Bertz CT molecular complexity index is 1170. The Morgan fingerprint density at radius 3 is 2.38 bits per heavy atom. The van der Waals surface area contributed by atoms with Gasteiger partial charge in [0.2, 0.25) is 10.0 Å². The molecule has 1 fully saturated rings. The number of nitrogens with one attached hydrogen (secondary N) is 1. The number of carbonyl (C=O) groups excluding carboxylic acids is 1. The lowest BCUT2D eigenvalue weighted by Gasteiger charge is -2.26. The number of nitrogens with zero attached hydrogens (tertiary/aromatic N) is 1. The zero-order valence-corrected chi connectivity index (χ0v) is 18.6. The number of anilines is 1. The first kappa shape index (κ1) is 22.3. The number of halogens is 1. The van der Waals surface area contributed by atoms with Gasteiger partial charge in [-0.25, -0.2) is 8.42 Å². The van der Waals surface area contributed by atoms with Crippen molar-refractivity contribution >= 4 is 33.2 Å². The molecule has 8 nitrogen and oxygen atoms in total. The number of amides is 1. The number of morpholine rings is 1. The SMILES string of the molecule is O=C(Nc1ccc(S(=O)(=O)N2CCOCC2)cc1)c1ccc(COc2ccc(Cl)cc2)o1. The van der Waals surface area contributed by atoms with Gasteiger partial charge in [0.05, 0.1) is 18.1 Å². The minimum absolute atomic E-state index is 0.115. The largest absolute Gasteiger partial charge is 0.486 e. The molecule has 0 bridgehead atoms. The molecule has 4 rings (SSSR count). The molecule has 1 amide bonds. The molecule has 1 aliphatic heterocycles. The van der Waals surface area contributed by atoms with Crippen LogP contribution < -0.4 is 10.1 Å². The third-order valence-electron chi connectivity index (χ3n) is 4.80. The van der Waals surface area contributed by atoms with Crippen LogP contribution in [0.5, 0.6) is 5.75 Å². The van der Waals surface area contributed by atoms with Crippen molar-refractivity contribution in [3.8, 4) is 5.75 Å². The van der Waals surface area contributed by atoms with Crippen LogP contribution in [0, 0.1) is 0 Å². The Hall–Kier alpha value is -2.85. The van der Waals surface area contributed by atoms with E-state index in [0.29, 0.717) is 48.5 Å². The molecule has 0 saturated carbocycles. The molecule has 0 unspecified atom stereocenters. The third-order valence-corrected chi connectivity index (χ3v) is 6.97. The van der Waals surface area contributed by atoms with Crippen LogP contribution in [0.1, 0.15) is 16.3 Å². The first-order valence-corrected chi connectivity index (χ1v) is 11.7. The van der Waals surface area contributed by atoms with Gasteiger partial charge in [-0.3, -0.25) is 4.79 Å². The fourth-order valence-electron chi connectivity index (χ4n) is 3.10. The van der Waals surface area contributed by atoms with Gasteiger partial charge in [0.1, 0.15) is 18.1 Å². The third kappa shape index (κ3) is 5.31. The Kier molecular flexibility index (Phi) is 6.80. The Labute approximate surface area is 190 Å². The molecule has 2 aromatic carbocycles. The number of hydrogen-bond acceptors (Lipinski definition) is 6. The molecule has 0 atom stereocenters. The van der Waals surface area contributed by atoms with Crippen LogP contribution in [0.3, 0.4) is 0 Å². The summed E-state index contributed by atoms with van der Waals surface area (Å²) in [5.74, 6) is 0.775. The van der Waals surface area contributed by atoms with Crippen molar-refractivity contribution in [1.29, 1.82) is 0 Å². The zero-order valence-electron chi connectivity index (χ0n) is 17.0. The van der Waals surface area contributed by atoms with E-state index in [1.165, 1.54) is 16.4 Å². The van der Waals surface area contributed by atoms with E-state index >= 15 is 0 Å². The highest BCUT2D eigenvalue weighted by atomic mass is 35.5. The summed E-state index contributed by atoms with van der Waals surface area (Å²) in [5, 5.41) is 3.31. The van der Waals surface area contributed by atoms with E-state index in [4.69, 9.17) is 25.5 Å². The monoisotopic (exact) mass is 476 g/mol. The number of furan rings is 1. The lowest BCUT2D eigenvalue weighted by atomic mass is 10.3. The van der Waals surface area contributed by atoms with E-state index in [1.807, 2.05) is 0 Å². The van der Waals surface area contributed by atoms with E-state index < -0.39 is 15.9 Å². The predicted molar refractivity (Wildman–Crippen MR) is 118 cm³/mol. The van der Waals surface area contributed by atoms with Gasteiger partial charge in [0.15, 0.2) is 5.76 Å². The van der Waals surface area contributed by atoms with Gasteiger partial charge in [0.25, 0.3) is 5.91 Å². The second kappa shape index (κ2) is 9.74. The molecule has 32 heavy (non-hydrogen) atoms. The standard InChI is InChI=1S/C22H21ClN2O6S/c23-16-1-5-18(6-2-16)30-15-19-7-10-21(31-19)22(26)24-17-3-8-20(9-4-17)32(27,28)25-11-13-29-14-12-25/h1-10H,11-15H2,(H,24,26). The fraction of sp³-hybridized carbons (Fsp3) is 0.227. The molecule has 0 spiro atoms. The van der Waals surface area contributed by atoms with Crippen molar-refractivity contribution in [2.45, 2.75) is 11.5 Å². The average Bonchev–Trinajstić information content (AvgIpc) is 3.29. The highest BCUT2D eigenvalue weighted by Gasteiger charge is 2.26. The van der Waals surface area contributed by atoms with Gasteiger partial charge in [0, 0.05) is 23.8 Å². The summed E-state index contributed by atoms with van der Waals surface area (Å²) in [6.07, 6.45) is 0. The quantitative estimate of drug-likeness (QED) is 0.557. The van der Waals surface area contributed by atoms with Crippen LogP contribution in [-0.2, 0) is 21.4 Å². The summed E-state index contributed by atoms with van der Waals surface area (Å²) in [4.78, 5) is 12.6. The van der Waals surface area contributed by atoms with E-state index in [9.17, 15) is 13.2 Å². The maximum Gasteiger partial charge on any atom is 0.291 e. The molecule has 1 saturated heterocycles. The summed E-state index contributed by atoms with van der Waals surface area (Å²) in [6.45, 7) is 1.56. The van der Waals surface area contributed by atoms with Crippen LogP contribution in [-0.4, -0.2) is 44.9 Å². The maximum atomic E-state index is 12.7. The molecule has 1 aliphatic rings. The lowest BCUT2D eigenvalue weighted by Crippen LogP contribution is -2.40. The summed E-state index contributed by atoms with van der Waals surface area (Å²) in [6, 6.07) is 16.1. The minimum atomic E-state index is -3.59. The number of benzene rings is 2. The fourth-order valence-corrected chi connectivity index (χ4v) is 4.64. The van der Waals surface area contributed by atoms with Crippen molar-refractivity contribution < 1.29 is 27.1 Å². The molecule has 168 valence electrons. The molecule has 2 heterocycles. The second-order valence-electron chi connectivity index (χ2n) is 7.00. The van der Waals surface area contributed by atoms with E-state index in [0.717, 1.165) is 0 Å². The van der Waals surface area contributed by atoms with Crippen LogP contribution >= 0.6 is 11.6 Å². The minimum Gasteiger partial charge on any atom is -0.486 e. The van der Waals surface area contributed by atoms with Crippen LogP contribution in [0.15, 0.2) is 70.0 Å². The summed E-state index contributed by atoms with van der Waals surface area (Å²) < 4.78 is 43.1. The van der Waals surface area contributed by atoms with Crippen LogP contribution in [0.2, 0.25) is 5.02 Å². The first-order valence-electron chi connectivity index (χ1n) is 9.88. The topological polar surface area (TPSA) is 98.1 Å². The van der Waals surface area contributed by atoms with E-state index in [1.54, 1.807) is 48.5 Å². The van der Waals surface area contributed by atoms with Crippen molar-refractivity contribution in [2.24, 2.45) is 0 Å². The number of hydrogen-bond donors (Lipinski definition) is 1. The van der Waals surface area contributed by atoms with E-state index in [2.05, 4.69) is 5.32 Å². The first-order chi connectivity index (χ1) is 15.4. The molecule has 0 aliphatic carbocycles. The van der Waals surface area contributed by atoms with Crippen LogP contribution in [0.4, 0.5) is 5.69 Å². The second-order valence-corrected chi connectivity index (χ2v) is 9.38. The molecular formula is C22H21ClN2O6S. The van der Waals surface area contributed by atoms with Gasteiger partial charge in [-0.2, -0.15) is 4.31 Å². The van der Waals surface area contributed by atoms with Gasteiger partial charge in [-0.15, -0.1) is 0 Å². The normalized spacial score (nSPS) is 14.8. The molecule has 10 heteroatoms. The Balaban J connectivity index is 1.35. The molecule has 0 radical (unpaired) electrons. The average molecular weight is 477 g/mol. The van der Waals surface area contributed by atoms with E-state index in [-0.39, 0.29) is 17.3 Å². The van der Waals surface area contributed by atoms with Crippen molar-refractivity contribution in [2.75, 3.05) is 31.6 Å². The molecule has 3 aromatic rings. The smallest absolute Gasteiger partial charge is 0.291 e. The van der Waals surface area contributed by atoms with Gasteiger partial charge in [-0.1, -0.05) is 11.6 Å². The summed E-state index contributed by atoms with van der Waals surface area (Å²) >= 11 is 5.84. The Morgan fingerprint density at radius 2 is 1.69 bits per heavy atom. The van der Waals surface area contributed by atoms with Crippen LogP contribution in [0.25, 0.3) is 0 Å². The number of sulfonamides is 1. The Morgan fingerprint density at radius 1 is 1.00 bits per heavy atom. The van der Waals surface area contributed by atoms with Gasteiger partial charge >= 0.3 is 0 Å². The maximum absolute atomic E-state index is 12.7. The number of ether oxygens (including phenoxy) is 2. The zero-order chi connectivity index (χ0) is 22.6. The highest BCUT2D eigenvalue weighted by Crippen LogP contribution is 2.21. The van der Waals surface area contributed by atoms with Gasteiger partial charge in [-0.05, 0) is 60.7 Å².